The predicted octanol–water partition coefficient (Wildman–Crippen LogP) is 3.75. The van der Waals surface area contributed by atoms with Gasteiger partial charge in [0.25, 0.3) is 0 Å². The second-order valence-corrected chi connectivity index (χ2v) is 5.94. The van der Waals surface area contributed by atoms with E-state index in [1.165, 1.54) is 6.08 Å². The van der Waals surface area contributed by atoms with Crippen LogP contribution in [-0.2, 0) is 11.3 Å². The van der Waals surface area contributed by atoms with Gasteiger partial charge in [-0.15, -0.1) is 0 Å². The Morgan fingerprint density at radius 2 is 1.96 bits per heavy atom. The van der Waals surface area contributed by atoms with Crippen molar-refractivity contribution in [2.24, 2.45) is 0 Å². The molecule has 0 fully saturated rings. The highest BCUT2D eigenvalue weighted by molar-refractivity contribution is 6.31. The molecule has 0 atom stereocenters. The van der Waals surface area contributed by atoms with E-state index in [0.717, 1.165) is 28.2 Å². The molecule has 0 aliphatic carbocycles. The first-order valence-corrected chi connectivity index (χ1v) is 8.10. The number of carbonyl (C=O) groups excluding carboxylic acids is 1. The van der Waals surface area contributed by atoms with E-state index in [2.05, 4.69) is 5.32 Å². The van der Waals surface area contributed by atoms with Crippen LogP contribution in [0.5, 0.6) is 11.5 Å². The second-order valence-electron chi connectivity index (χ2n) is 5.54. The summed E-state index contributed by atoms with van der Waals surface area (Å²) in [4.78, 5) is 11.9. The van der Waals surface area contributed by atoms with E-state index in [1.54, 1.807) is 6.08 Å². The van der Waals surface area contributed by atoms with Crippen molar-refractivity contribution in [1.29, 1.82) is 0 Å². The van der Waals surface area contributed by atoms with Crippen molar-refractivity contribution in [2.75, 3.05) is 13.2 Å². The Hall–Kier alpha value is -2.46. The summed E-state index contributed by atoms with van der Waals surface area (Å²) in [5.41, 5.74) is 2.86. The average molecular weight is 344 g/mol. The molecule has 0 unspecified atom stereocenters. The summed E-state index contributed by atoms with van der Waals surface area (Å²) in [5.74, 6) is 1.30. The molecule has 0 saturated carbocycles. The molecule has 0 radical (unpaired) electrons. The number of benzene rings is 2. The highest BCUT2D eigenvalue weighted by Crippen LogP contribution is 2.30. The molecule has 1 aliphatic rings. The van der Waals surface area contributed by atoms with Gasteiger partial charge in [0, 0.05) is 17.6 Å². The monoisotopic (exact) mass is 343 g/mol. The molecule has 2 aromatic rings. The van der Waals surface area contributed by atoms with Crippen LogP contribution in [0.25, 0.3) is 6.08 Å². The van der Waals surface area contributed by atoms with Crippen molar-refractivity contribution in [2.45, 2.75) is 13.5 Å². The molecule has 0 aromatic heterocycles. The molecule has 1 amide bonds. The minimum Gasteiger partial charge on any atom is -0.486 e. The maximum absolute atomic E-state index is 11.9. The molecule has 2 aromatic carbocycles. The van der Waals surface area contributed by atoms with E-state index in [1.807, 2.05) is 43.3 Å². The lowest BCUT2D eigenvalue weighted by molar-refractivity contribution is -0.116. The maximum Gasteiger partial charge on any atom is 0.244 e. The van der Waals surface area contributed by atoms with Gasteiger partial charge in [0.1, 0.15) is 13.2 Å². The average Bonchev–Trinajstić information content (AvgIpc) is 2.60. The van der Waals surface area contributed by atoms with Gasteiger partial charge < -0.3 is 14.8 Å². The maximum atomic E-state index is 11.9. The van der Waals surface area contributed by atoms with E-state index in [-0.39, 0.29) is 5.91 Å². The summed E-state index contributed by atoms with van der Waals surface area (Å²) >= 11 is 6.07. The lowest BCUT2D eigenvalue weighted by atomic mass is 10.1. The van der Waals surface area contributed by atoms with Crippen molar-refractivity contribution >= 4 is 23.6 Å². The zero-order chi connectivity index (χ0) is 16.9. The van der Waals surface area contributed by atoms with Crippen molar-refractivity contribution < 1.29 is 14.3 Å². The van der Waals surface area contributed by atoms with E-state index in [4.69, 9.17) is 21.1 Å². The summed E-state index contributed by atoms with van der Waals surface area (Å²) in [5, 5.41) is 3.54. The van der Waals surface area contributed by atoms with Crippen LogP contribution in [-0.4, -0.2) is 19.1 Å². The van der Waals surface area contributed by atoms with Gasteiger partial charge in [0.15, 0.2) is 11.5 Å². The number of amides is 1. The van der Waals surface area contributed by atoms with Crippen molar-refractivity contribution in [1.82, 2.24) is 5.32 Å². The molecule has 124 valence electrons. The zero-order valence-electron chi connectivity index (χ0n) is 13.3. The first-order chi connectivity index (χ1) is 11.6. The molecule has 1 aliphatic heterocycles. The number of halogens is 1. The summed E-state index contributed by atoms with van der Waals surface area (Å²) < 4.78 is 11.0. The molecular weight excluding hydrogens is 326 g/mol. The van der Waals surface area contributed by atoms with Crippen molar-refractivity contribution in [3.8, 4) is 11.5 Å². The Morgan fingerprint density at radius 3 is 2.75 bits per heavy atom. The van der Waals surface area contributed by atoms with Crippen LogP contribution in [0.1, 0.15) is 16.7 Å². The molecule has 5 heteroatoms. The molecule has 1 N–H and O–H groups in total. The van der Waals surface area contributed by atoms with Crippen molar-refractivity contribution in [3.05, 3.63) is 64.2 Å². The number of nitrogens with one attached hydrogen (secondary N) is 1. The molecular formula is C19H18ClNO3. The summed E-state index contributed by atoms with van der Waals surface area (Å²) in [7, 11) is 0. The largest absolute Gasteiger partial charge is 0.486 e. The lowest BCUT2D eigenvalue weighted by Crippen LogP contribution is -2.20. The van der Waals surface area contributed by atoms with E-state index >= 15 is 0 Å². The molecule has 24 heavy (non-hydrogen) atoms. The topological polar surface area (TPSA) is 47.6 Å². The fourth-order valence-electron chi connectivity index (χ4n) is 2.33. The van der Waals surface area contributed by atoms with Gasteiger partial charge in [-0.1, -0.05) is 29.8 Å². The standard InChI is InChI=1S/C19H18ClNO3/c1-13-2-3-14(10-16(13)20)5-7-19(22)21-12-15-4-6-17-18(11-15)24-9-8-23-17/h2-7,10-11H,8-9,12H2,1H3,(H,21,22)/b7-5+. The molecule has 0 spiro atoms. The Morgan fingerprint density at radius 1 is 1.17 bits per heavy atom. The zero-order valence-corrected chi connectivity index (χ0v) is 14.1. The quantitative estimate of drug-likeness (QED) is 0.860. The first kappa shape index (κ1) is 16.4. The van der Waals surface area contributed by atoms with Crippen LogP contribution >= 0.6 is 11.6 Å². The van der Waals surface area contributed by atoms with Crippen LogP contribution < -0.4 is 14.8 Å². The minimum atomic E-state index is -0.165. The number of hydrogen-bond acceptors (Lipinski definition) is 3. The van der Waals surface area contributed by atoms with Crippen LogP contribution in [0.2, 0.25) is 5.02 Å². The Labute approximate surface area is 146 Å². The smallest absolute Gasteiger partial charge is 0.244 e. The Balaban J connectivity index is 1.57. The van der Waals surface area contributed by atoms with Gasteiger partial charge in [0.2, 0.25) is 5.91 Å². The third kappa shape index (κ3) is 4.09. The van der Waals surface area contributed by atoms with E-state index < -0.39 is 0 Å². The number of ether oxygens (including phenoxy) is 2. The number of hydrogen-bond donors (Lipinski definition) is 1. The van der Waals surface area contributed by atoms with Gasteiger partial charge >= 0.3 is 0 Å². The van der Waals surface area contributed by atoms with Gasteiger partial charge in [-0.3, -0.25) is 4.79 Å². The molecule has 0 saturated heterocycles. The number of rotatable bonds is 4. The van der Waals surface area contributed by atoms with Gasteiger partial charge in [-0.25, -0.2) is 0 Å². The third-order valence-electron chi connectivity index (χ3n) is 3.70. The predicted molar refractivity (Wildman–Crippen MR) is 94.5 cm³/mol. The normalized spacial score (nSPS) is 13.1. The van der Waals surface area contributed by atoms with Crippen molar-refractivity contribution in [3.63, 3.8) is 0 Å². The lowest BCUT2D eigenvalue weighted by Gasteiger charge is -2.18. The van der Waals surface area contributed by atoms with Crippen LogP contribution in [0.4, 0.5) is 0 Å². The van der Waals surface area contributed by atoms with Crippen LogP contribution in [0, 0.1) is 6.92 Å². The number of carbonyl (C=O) groups is 1. The third-order valence-corrected chi connectivity index (χ3v) is 4.10. The number of fused-ring (bicyclic) bond motifs is 1. The number of aryl methyl sites for hydroxylation is 1. The fraction of sp³-hybridized carbons (Fsp3) is 0.211. The highest BCUT2D eigenvalue weighted by atomic mass is 35.5. The van der Waals surface area contributed by atoms with Crippen LogP contribution in [0.3, 0.4) is 0 Å². The Bertz CT molecular complexity index is 786. The summed E-state index contributed by atoms with van der Waals surface area (Å²) in [6.45, 7) is 3.48. The Kier molecular flexibility index (Phi) is 5.06. The molecule has 3 rings (SSSR count). The first-order valence-electron chi connectivity index (χ1n) is 7.72. The molecule has 4 nitrogen and oxygen atoms in total. The van der Waals surface area contributed by atoms with E-state index in [0.29, 0.717) is 24.8 Å². The van der Waals surface area contributed by atoms with E-state index in [9.17, 15) is 4.79 Å². The summed E-state index contributed by atoms with van der Waals surface area (Å²) in [6.07, 6.45) is 3.24. The van der Waals surface area contributed by atoms with Crippen LogP contribution in [0.15, 0.2) is 42.5 Å². The van der Waals surface area contributed by atoms with Gasteiger partial charge in [-0.05, 0) is 47.9 Å². The second kappa shape index (κ2) is 7.41. The summed E-state index contributed by atoms with van der Waals surface area (Å²) in [6, 6.07) is 11.3. The molecule has 0 bridgehead atoms. The van der Waals surface area contributed by atoms with Gasteiger partial charge in [-0.2, -0.15) is 0 Å². The highest BCUT2D eigenvalue weighted by Gasteiger charge is 2.11. The SMILES string of the molecule is Cc1ccc(/C=C/C(=O)NCc2ccc3c(c2)OCCO3)cc1Cl. The minimum absolute atomic E-state index is 0.165. The fourth-order valence-corrected chi connectivity index (χ4v) is 2.52. The van der Waals surface area contributed by atoms with Gasteiger partial charge in [0.05, 0.1) is 0 Å². The molecule has 1 heterocycles.